The number of benzene rings is 11. The molecule has 9 heterocycles. The van der Waals surface area contributed by atoms with Gasteiger partial charge in [0.15, 0.2) is 39.8 Å². The lowest BCUT2D eigenvalue weighted by Crippen LogP contribution is -2.73. The summed E-state index contributed by atoms with van der Waals surface area (Å²) in [6, 6.07) is 81.3. The predicted molar refractivity (Wildman–Crippen MR) is 521 cm³/mol. The van der Waals surface area contributed by atoms with E-state index in [-0.39, 0.29) is 97.4 Å². The van der Waals surface area contributed by atoms with E-state index in [1.165, 1.54) is 38.5 Å². The molecule has 11 aromatic carbocycles. The Morgan fingerprint density at radius 2 is 0.576 bits per heavy atom. The van der Waals surface area contributed by atoms with Crippen LogP contribution in [0.1, 0.15) is 149 Å². The second-order valence-corrected chi connectivity index (χ2v) is 43.2. The number of carbonyl (C=O) groups is 8. The van der Waals surface area contributed by atoms with Crippen molar-refractivity contribution in [3.05, 3.63) is 387 Å². The van der Waals surface area contributed by atoms with Crippen LogP contribution in [0.4, 0.5) is 0 Å². The predicted octanol–water partition coefficient (Wildman–Crippen LogP) is 15.3. The summed E-state index contributed by atoms with van der Waals surface area (Å²) in [7, 11) is -0.260. The van der Waals surface area contributed by atoms with Gasteiger partial charge in [-0.3, -0.25) is 58.0 Å². The summed E-state index contributed by atoms with van der Waals surface area (Å²) in [5, 5.41) is -0.539. The fourth-order valence-electron chi connectivity index (χ4n) is 20.2. The lowest BCUT2D eigenvalue weighted by atomic mass is 9.91. The minimum atomic E-state index is -3.16. The van der Waals surface area contributed by atoms with Gasteiger partial charge in [-0.15, -0.1) is 0 Å². The Labute approximate surface area is 834 Å². The normalized spacial score (nSPS) is 27.3. The van der Waals surface area contributed by atoms with Crippen LogP contribution in [0.25, 0.3) is 0 Å². The molecule has 0 bridgehead atoms. The van der Waals surface area contributed by atoms with Gasteiger partial charge in [-0.1, -0.05) is 263 Å². The third kappa shape index (κ3) is 20.1. The molecule has 20 rings (SSSR count). The zero-order chi connectivity index (χ0) is 99.4. The van der Waals surface area contributed by atoms with Crippen LogP contribution in [-0.2, 0) is 120 Å². The maximum Gasteiger partial charge on any atom is 0.262 e. The van der Waals surface area contributed by atoms with Gasteiger partial charge >= 0.3 is 0 Å². The minimum Gasteiger partial charge on any atom is -0.497 e. The molecule has 0 unspecified atom stereocenters. The second kappa shape index (κ2) is 43.3. The molecule has 9 aliphatic heterocycles. The van der Waals surface area contributed by atoms with Crippen molar-refractivity contribution in [2.45, 2.75) is 207 Å². The molecule has 0 radical (unpaired) electrons. The van der Waals surface area contributed by atoms with Gasteiger partial charge in [0, 0.05) is 12.7 Å². The first-order valence-corrected chi connectivity index (χ1v) is 51.4. The number of amides is 8. The smallest absolute Gasteiger partial charge is 0.262 e. The molecule has 9 aliphatic rings. The van der Waals surface area contributed by atoms with Crippen molar-refractivity contribution < 1.29 is 123 Å². The minimum absolute atomic E-state index is 0.0129. The van der Waals surface area contributed by atoms with Crippen molar-refractivity contribution >= 4 is 55.6 Å². The van der Waals surface area contributed by atoms with Crippen LogP contribution in [0.3, 0.4) is 0 Å². The van der Waals surface area contributed by atoms with E-state index in [0.717, 1.165) is 30.7 Å². The molecule has 0 saturated carbocycles. The molecule has 744 valence electrons. The molecular weight excluding hydrogens is 1860 g/mol. The zero-order valence-corrected chi connectivity index (χ0v) is 81.5. The van der Waals surface area contributed by atoms with E-state index in [1.807, 2.05) is 182 Å². The number of nitrogens with zero attached hydrogens (tertiary/aromatic N) is 4. The fraction of sp³-hybridized carbons (Fsp3) is 0.345. The average molecular weight is 1970 g/mol. The number of hydrogen-bond acceptors (Lipinski definition) is 26. The highest BCUT2D eigenvalue weighted by molar-refractivity contribution is 6.74. The van der Waals surface area contributed by atoms with Gasteiger partial charge in [0.25, 0.3) is 47.3 Å². The quantitative estimate of drug-likeness (QED) is 0.0260. The SMILES string of the molecule is COc1ccc(CO[C@H]2[C@H](O[C@@H]3O[C@H](COCc4ccccc4)[C@@H](O[C@@H]4O[C@@H]5CO[C@@H](c6ccccc6)O[C@H]5[C@H](O[Si](C)(C)C(C)(C)C)[C@H]4N4C(=O)c5ccccc5C4=O)[C@H](OCc4ccccc4)[C@H]3N3C(=O)c4ccccc4C3=O)[C@@H](COCc3ccccc3)O[C@@H](O[C@H]3[C@H](OCc4ccccc4)[C@@H](N4C(=O)c5ccccc5C4=O)[C@H](OC)O[C@@H]3COCc3ccccc3)[C@@H]2N2C(=O)c3ccccc3C2=O)cc1. The van der Waals surface area contributed by atoms with Gasteiger partial charge in [0.1, 0.15) is 97.1 Å². The Morgan fingerprint density at radius 3 is 0.882 bits per heavy atom. The Hall–Kier alpha value is -12.7. The molecule has 31 heteroatoms. The molecule has 0 spiro atoms. The Balaban J connectivity index is 0.783. The topological polar surface area (TPSA) is 316 Å². The van der Waals surface area contributed by atoms with Crippen molar-refractivity contribution in [3.63, 3.8) is 0 Å². The molecule has 0 aliphatic carbocycles. The van der Waals surface area contributed by atoms with Gasteiger partial charge < -0.3 is 85.0 Å². The van der Waals surface area contributed by atoms with E-state index < -0.39 is 203 Å². The number of hydrogen-bond donors (Lipinski definition) is 0. The van der Waals surface area contributed by atoms with Gasteiger partial charge in [-0.25, -0.2) is 0 Å². The van der Waals surface area contributed by atoms with Crippen LogP contribution in [0, 0.1) is 0 Å². The van der Waals surface area contributed by atoms with Crippen molar-refractivity contribution in [1.29, 1.82) is 0 Å². The lowest BCUT2D eigenvalue weighted by Gasteiger charge is -2.56. The lowest BCUT2D eigenvalue weighted by molar-refractivity contribution is -0.385. The first kappa shape index (κ1) is 98.7. The van der Waals surface area contributed by atoms with E-state index in [9.17, 15) is 0 Å². The monoisotopic (exact) mass is 1970 g/mol. The van der Waals surface area contributed by atoms with Gasteiger partial charge in [-0.05, 0) is 112 Å². The fourth-order valence-corrected chi connectivity index (χ4v) is 21.5. The molecule has 5 saturated heterocycles. The number of ether oxygens (including phenoxy) is 17. The molecular formula is C113H112N4O26Si. The van der Waals surface area contributed by atoms with Crippen molar-refractivity contribution in [2.24, 2.45) is 0 Å². The van der Waals surface area contributed by atoms with Crippen LogP contribution in [0.5, 0.6) is 5.75 Å². The third-order valence-corrected chi connectivity index (χ3v) is 32.9. The molecule has 5 fully saturated rings. The van der Waals surface area contributed by atoms with Crippen LogP contribution in [-0.4, -0.2) is 238 Å². The number of methoxy groups -OCH3 is 2. The van der Waals surface area contributed by atoms with E-state index in [2.05, 4.69) is 33.9 Å². The molecule has 0 N–H and O–H groups in total. The first-order valence-electron chi connectivity index (χ1n) is 48.5. The first-order chi connectivity index (χ1) is 70.1. The van der Waals surface area contributed by atoms with Crippen molar-refractivity contribution in [1.82, 2.24) is 19.6 Å². The summed E-state index contributed by atoms with van der Waals surface area (Å²) < 4.78 is 131. The second-order valence-electron chi connectivity index (χ2n) is 38.4. The standard InChI is InChI=1S/C113H112N4O26Si/c1-113(2,3)144(6,7)143-99-91(117-106(124)82-52-32-33-53-83(82)107(117)125)112(138-87-67-134-108(139-95(87)99)74-44-24-13-25-45-74)142-94-86(66-130-60-70-38-18-10-19-39-70)137-111(89(97(94)132-62-72-42-22-12-23-43-72)115-102(120)78-48-28-29-49-79(78)103(115)121)141-93-85(65-129-59-69-36-16-9-17-37-69)136-110(90(98(93)133-63-73-54-56-75(126-4)57-55-73)116-104(122)80-50-30-31-51-81(80)105(116)123)140-92-84(64-128-58-68-34-14-8-15-35-68)135-109(127-5)88(96(92)131-61-71-40-20-11-21-41-71)114-100(118)76-46-26-27-47-77(76)101(114)119/h8-57,84-99,108-112H,58-67H2,1-7H3/t84-,85-,86-,87-,88-,89-,90-,91-,92-,93-,94-,95-,96-,97-,98-,99-,108-,109-,110+,111+,112+/m1/s1. The highest BCUT2D eigenvalue weighted by Gasteiger charge is 2.66. The average Bonchev–Trinajstić information content (AvgIpc) is 1.45. The summed E-state index contributed by atoms with van der Waals surface area (Å²) in [6.07, 6.45) is -26.4. The Kier molecular flexibility index (Phi) is 29.7. The molecule has 0 aromatic heterocycles. The van der Waals surface area contributed by atoms with Crippen molar-refractivity contribution in [3.8, 4) is 5.75 Å². The number of carbonyl (C=O) groups excluding carboxylic acids is 8. The highest BCUT2D eigenvalue weighted by Crippen LogP contribution is 2.49. The van der Waals surface area contributed by atoms with Crippen LogP contribution in [0.15, 0.2) is 303 Å². The van der Waals surface area contributed by atoms with Crippen LogP contribution >= 0.6 is 0 Å². The van der Waals surface area contributed by atoms with E-state index >= 15 is 38.4 Å². The maximum atomic E-state index is 16.6. The van der Waals surface area contributed by atoms with Gasteiger partial charge in [-0.2, -0.15) is 0 Å². The van der Waals surface area contributed by atoms with Crippen LogP contribution < -0.4 is 4.74 Å². The Bertz CT molecular complexity index is 6270. The van der Waals surface area contributed by atoms with Gasteiger partial charge in [0.2, 0.25) is 0 Å². The zero-order valence-electron chi connectivity index (χ0n) is 80.5. The Morgan fingerprint density at radius 1 is 0.306 bits per heavy atom. The molecule has 21 atom stereocenters. The van der Waals surface area contributed by atoms with Crippen molar-refractivity contribution in [2.75, 3.05) is 40.6 Å². The molecule has 11 aromatic rings. The summed E-state index contributed by atoms with van der Waals surface area (Å²) >= 11 is 0. The van der Waals surface area contributed by atoms with E-state index in [0.29, 0.717) is 33.6 Å². The number of imide groups is 4. The van der Waals surface area contributed by atoms with Gasteiger partial charge in [0.05, 0.1) is 124 Å². The number of rotatable bonds is 36. The molecule has 8 amide bonds. The van der Waals surface area contributed by atoms with E-state index in [1.54, 1.807) is 97.1 Å². The van der Waals surface area contributed by atoms with Crippen LogP contribution in [0.2, 0.25) is 18.1 Å². The largest absolute Gasteiger partial charge is 0.497 e. The summed E-state index contributed by atoms with van der Waals surface area (Å²) in [6.45, 7) is 7.96. The molecule has 144 heavy (non-hydrogen) atoms. The number of fused-ring (bicyclic) bond motifs is 5. The third-order valence-electron chi connectivity index (χ3n) is 28.4. The molecule has 30 nitrogen and oxygen atoms in total. The summed E-state index contributed by atoms with van der Waals surface area (Å²) in [4.78, 5) is 133. The maximum absolute atomic E-state index is 16.6. The summed E-state index contributed by atoms with van der Waals surface area (Å²) in [5.74, 6) is -5.65. The highest BCUT2D eigenvalue weighted by atomic mass is 28.4. The van der Waals surface area contributed by atoms with E-state index in [4.69, 9.17) is 85.0 Å². The summed E-state index contributed by atoms with van der Waals surface area (Å²) in [5.41, 5.74) is 4.98.